The second-order valence-corrected chi connectivity index (χ2v) is 6.15. The molecule has 1 aromatic carbocycles. The third kappa shape index (κ3) is 3.37. The van der Waals surface area contributed by atoms with Gasteiger partial charge in [0.05, 0.1) is 6.54 Å². The highest BCUT2D eigenvalue weighted by atomic mass is 32.1. The van der Waals surface area contributed by atoms with Gasteiger partial charge in [0, 0.05) is 23.2 Å². The average molecular weight is 274 g/mol. The molecule has 102 valence electrons. The van der Waals surface area contributed by atoms with Crippen LogP contribution >= 0.6 is 11.3 Å². The van der Waals surface area contributed by atoms with Crippen LogP contribution in [0.25, 0.3) is 0 Å². The molecule has 2 N–H and O–H groups in total. The highest BCUT2D eigenvalue weighted by Gasteiger charge is 2.12. The lowest BCUT2D eigenvalue weighted by molar-refractivity contribution is 0.687. The van der Waals surface area contributed by atoms with Crippen LogP contribution in [0.2, 0.25) is 0 Å². The Morgan fingerprint density at radius 1 is 1.26 bits per heavy atom. The van der Waals surface area contributed by atoms with E-state index in [1.165, 1.54) is 21.7 Å². The predicted molar refractivity (Wildman–Crippen MR) is 84.7 cm³/mol. The van der Waals surface area contributed by atoms with Gasteiger partial charge in [-0.3, -0.25) is 0 Å². The summed E-state index contributed by atoms with van der Waals surface area (Å²) in [6.07, 6.45) is 0. The van der Waals surface area contributed by atoms with E-state index in [0.29, 0.717) is 12.6 Å². The first-order valence-electron chi connectivity index (χ1n) is 6.70. The number of aryl methyl sites for hydroxylation is 1. The summed E-state index contributed by atoms with van der Waals surface area (Å²) in [4.78, 5) is 3.83. The topological polar surface area (TPSA) is 29.3 Å². The van der Waals surface area contributed by atoms with Gasteiger partial charge >= 0.3 is 0 Å². The minimum absolute atomic E-state index is 0.477. The summed E-state index contributed by atoms with van der Waals surface area (Å²) in [5.41, 5.74) is 9.51. The molecule has 0 spiro atoms. The first-order chi connectivity index (χ1) is 9.11. The summed E-state index contributed by atoms with van der Waals surface area (Å²) in [5, 5.41) is 2.14. The SMILES string of the molecule is Cc1cc(N(Cc2cccs2)C(C)C)ccc1CN. The Bertz CT molecular complexity index is 518. The number of anilines is 1. The van der Waals surface area contributed by atoms with Gasteiger partial charge in [0.2, 0.25) is 0 Å². The van der Waals surface area contributed by atoms with Gasteiger partial charge in [-0.25, -0.2) is 0 Å². The molecule has 3 heteroatoms. The molecule has 0 aliphatic carbocycles. The van der Waals surface area contributed by atoms with Crippen molar-refractivity contribution in [3.8, 4) is 0 Å². The van der Waals surface area contributed by atoms with E-state index in [1.807, 2.05) is 11.3 Å². The molecule has 0 radical (unpaired) electrons. The molecular formula is C16H22N2S. The van der Waals surface area contributed by atoms with Crippen molar-refractivity contribution < 1.29 is 0 Å². The lowest BCUT2D eigenvalue weighted by Gasteiger charge is -2.29. The highest BCUT2D eigenvalue weighted by Crippen LogP contribution is 2.24. The van der Waals surface area contributed by atoms with E-state index in [2.05, 4.69) is 61.4 Å². The Hall–Kier alpha value is -1.32. The monoisotopic (exact) mass is 274 g/mol. The Morgan fingerprint density at radius 2 is 2.05 bits per heavy atom. The maximum absolute atomic E-state index is 5.73. The van der Waals surface area contributed by atoms with Crippen LogP contribution < -0.4 is 10.6 Å². The fourth-order valence-corrected chi connectivity index (χ4v) is 2.93. The minimum atomic E-state index is 0.477. The van der Waals surface area contributed by atoms with Crippen molar-refractivity contribution in [3.05, 3.63) is 51.7 Å². The number of hydrogen-bond donors (Lipinski definition) is 1. The van der Waals surface area contributed by atoms with E-state index in [1.54, 1.807) is 0 Å². The first kappa shape index (κ1) is 14.1. The number of benzene rings is 1. The van der Waals surface area contributed by atoms with Gasteiger partial charge in [-0.1, -0.05) is 12.1 Å². The molecule has 1 aromatic heterocycles. The fourth-order valence-electron chi connectivity index (χ4n) is 2.23. The van der Waals surface area contributed by atoms with E-state index in [0.717, 1.165) is 6.54 Å². The molecule has 19 heavy (non-hydrogen) atoms. The van der Waals surface area contributed by atoms with Crippen LogP contribution in [0.3, 0.4) is 0 Å². The molecule has 2 rings (SSSR count). The quantitative estimate of drug-likeness (QED) is 0.895. The molecule has 2 nitrogen and oxygen atoms in total. The Balaban J connectivity index is 2.26. The van der Waals surface area contributed by atoms with Crippen molar-refractivity contribution in [1.82, 2.24) is 0 Å². The normalized spacial score (nSPS) is 11.0. The van der Waals surface area contributed by atoms with Gasteiger partial charge in [0.1, 0.15) is 0 Å². The number of rotatable bonds is 5. The van der Waals surface area contributed by atoms with Gasteiger partial charge in [-0.15, -0.1) is 11.3 Å². The molecule has 0 amide bonds. The summed E-state index contributed by atoms with van der Waals surface area (Å²) in [6, 6.07) is 11.4. The summed E-state index contributed by atoms with van der Waals surface area (Å²) >= 11 is 1.81. The Morgan fingerprint density at radius 3 is 2.58 bits per heavy atom. The molecule has 0 saturated heterocycles. The number of hydrogen-bond acceptors (Lipinski definition) is 3. The van der Waals surface area contributed by atoms with Crippen molar-refractivity contribution in [2.45, 2.75) is 39.9 Å². The third-order valence-corrected chi connectivity index (χ3v) is 4.27. The lowest BCUT2D eigenvalue weighted by atomic mass is 10.1. The van der Waals surface area contributed by atoms with Gasteiger partial charge < -0.3 is 10.6 Å². The Labute approximate surface area is 119 Å². The van der Waals surface area contributed by atoms with Crippen molar-refractivity contribution in [1.29, 1.82) is 0 Å². The third-order valence-electron chi connectivity index (χ3n) is 3.41. The maximum Gasteiger partial charge on any atom is 0.0525 e. The highest BCUT2D eigenvalue weighted by molar-refractivity contribution is 7.09. The van der Waals surface area contributed by atoms with Crippen molar-refractivity contribution in [3.63, 3.8) is 0 Å². The van der Waals surface area contributed by atoms with Crippen LogP contribution in [-0.4, -0.2) is 6.04 Å². The zero-order valence-corrected chi connectivity index (χ0v) is 12.7. The van der Waals surface area contributed by atoms with Crippen LogP contribution in [0.5, 0.6) is 0 Å². The number of nitrogens with two attached hydrogens (primary N) is 1. The second-order valence-electron chi connectivity index (χ2n) is 5.12. The minimum Gasteiger partial charge on any atom is -0.364 e. The summed E-state index contributed by atoms with van der Waals surface area (Å²) in [7, 11) is 0. The smallest absolute Gasteiger partial charge is 0.0525 e. The van der Waals surface area contributed by atoms with Crippen LogP contribution in [0, 0.1) is 6.92 Å². The predicted octanol–water partition coefficient (Wildman–Crippen LogP) is 3.93. The van der Waals surface area contributed by atoms with Crippen LogP contribution in [0.15, 0.2) is 35.7 Å². The van der Waals surface area contributed by atoms with Crippen LogP contribution in [0.4, 0.5) is 5.69 Å². The van der Waals surface area contributed by atoms with Gasteiger partial charge in [-0.05, 0) is 55.5 Å². The Kier molecular flexibility index (Phi) is 4.61. The molecule has 0 atom stereocenters. The van der Waals surface area contributed by atoms with E-state index in [9.17, 15) is 0 Å². The fraction of sp³-hybridized carbons (Fsp3) is 0.375. The van der Waals surface area contributed by atoms with Gasteiger partial charge in [-0.2, -0.15) is 0 Å². The van der Waals surface area contributed by atoms with E-state index < -0.39 is 0 Å². The van der Waals surface area contributed by atoms with E-state index in [-0.39, 0.29) is 0 Å². The van der Waals surface area contributed by atoms with E-state index in [4.69, 9.17) is 5.73 Å². The maximum atomic E-state index is 5.73. The number of nitrogens with zero attached hydrogens (tertiary/aromatic N) is 1. The standard InChI is InChI=1S/C16H22N2S/c1-12(2)18(11-16-5-4-8-19-16)15-7-6-14(10-17)13(3)9-15/h4-9,12H,10-11,17H2,1-3H3. The van der Waals surface area contributed by atoms with E-state index >= 15 is 0 Å². The molecule has 1 heterocycles. The van der Waals surface area contributed by atoms with Crippen LogP contribution in [0.1, 0.15) is 29.9 Å². The largest absolute Gasteiger partial charge is 0.364 e. The zero-order chi connectivity index (χ0) is 13.8. The van der Waals surface area contributed by atoms with Crippen molar-refractivity contribution >= 4 is 17.0 Å². The molecule has 0 aliphatic rings. The summed E-state index contributed by atoms with van der Waals surface area (Å²) < 4.78 is 0. The summed E-state index contributed by atoms with van der Waals surface area (Å²) in [5.74, 6) is 0. The summed E-state index contributed by atoms with van der Waals surface area (Å²) in [6.45, 7) is 8.18. The molecule has 0 aliphatic heterocycles. The molecule has 0 bridgehead atoms. The number of thiophene rings is 1. The average Bonchev–Trinajstić information content (AvgIpc) is 2.88. The van der Waals surface area contributed by atoms with Crippen molar-refractivity contribution in [2.75, 3.05) is 4.90 Å². The van der Waals surface area contributed by atoms with Crippen molar-refractivity contribution in [2.24, 2.45) is 5.73 Å². The second kappa shape index (κ2) is 6.22. The lowest BCUT2D eigenvalue weighted by Crippen LogP contribution is -2.29. The zero-order valence-electron chi connectivity index (χ0n) is 11.9. The molecule has 0 fully saturated rings. The molecule has 2 aromatic rings. The van der Waals surface area contributed by atoms with Gasteiger partial charge in [0.15, 0.2) is 0 Å². The first-order valence-corrected chi connectivity index (χ1v) is 7.58. The molecule has 0 saturated carbocycles. The van der Waals surface area contributed by atoms with Crippen LogP contribution in [-0.2, 0) is 13.1 Å². The molecular weight excluding hydrogens is 252 g/mol. The van der Waals surface area contributed by atoms with Gasteiger partial charge in [0.25, 0.3) is 0 Å². The molecule has 0 unspecified atom stereocenters.